The number of methoxy groups -OCH3 is 1. The summed E-state index contributed by atoms with van der Waals surface area (Å²) in [5.41, 5.74) is 0.737. The molecule has 27 heavy (non-hydrogen) atoms. The van der Waals surface area contributed by atoms with Crippen molar-refractivity contribution in [2.24, 2.45) is 0 Å². The van der Waals surface area contributed by atoms with Crippen LogP contribution >= 0.6 is 0 Å². The van der Waals surface area contributed by atoms with Crippen molar-refractivity contribution >= 4 is 23.3 Å². The summed E-state index contributed by atoms with van der Waals surface area (Å²) in [5, 5.41) is 11.2. The Morgan fingerprint density at radius 2 is 1.85 bits per heavy atom. The van der Waals surface area contributed by atoms with Crippen molar-refractivity contribution < 1.29 is 24.0 Å². The number of carbonyl (C=O) groups excluding carboxylic acids is 2. The summed E-state index contributed by atoms with van der Waals surface area (Å²) >= 11 is 0. The molecule has 1 amide bonds. The number of carbonyl (C=O) groups is 2. The molecule has 0 aliphatic rings. The van der Waals surface area contributed by atoms with Gasteiger partial charge in [-0.2, -0.15) is 0 Å². The fourth-order valence-corrected chi connectivity index (χ4v) is 2.51. The van der Waals surface area contributed by atoms with Gasteiger partial charge in [0.05, 0.1) is 29.3 Å². The molecule has 2 rings (SSSR count). The summed E-state index contributed by atoms with van der Waals surface area (Å²) in [5.74, 6) is -1.10. The molecule has 0 saturated carbocycles. The van der Waals surface area contributed by atoms with Gasteiger partial charge in [-0.05, 0) is 18.6 Å². The number of non-ortho nitro benzene ring substituents is 1. The third-order valence-electron chi connectivity index (χ3n) is 3.73. The van der Waals surface area contributed by atoms with Crippen LogP contribution in [-0.4, -0.2) is 37.1 Å². The quantitative estimate of drug-likeness (QED) is 0.401. The highest BCUT2D eigenvalue weighted by Crippen LogP contribution is 2.28. The Morgan fingerprint density at radius 3 is 2.44 bits per heavy atom. The lowest BCUT2D eigenvalue weighted by Crippen LogP contribution is -2.34. The Labute approximate surface area is 156 Å². The number of nitrogens with zero attached hydrogens (tertiary/aromatic N) is 2. The van der Waals surface area contributed by atoms with Crippen LogP contribution in [-0.2, 0) is 20.8 Å². The molecule has 0 radical (unpaired) electrons. The molecule has 0 aliphatic heterocycles. The van der Waals surface area contributed by atoms with E-state index in [2.05, 4.69) is 0 Å². The second kappa shape index (κ2) is 9.44. The van der Waals surface area contributed by atoms with Gasteiger partial charge in [-0.25, -0.2) is 4.79 Å². The third kappa shape index (κ3) is 5.11. The van der Waals surface area contributed by atoms with Crippen LogP contribution < -0.4 is 4.90 Å². The van der Waals surface area contributed by atoms with E-state index in [1.807, 2.05) is 30.3 Å². The largest absolute Gasteiger partial charge is 0.462 e. The lowest BCUT2D eigenvalue weighted by Gasteiger charge is -2.24. The van der Waals surface area contributed by atoms with Crippen molar-refractivity contribution in [1.29, 1.82) is 0 Å². The summed E-state index contributed by atoms with van der Waals surface area (Å²) < 4.78 is 9.96. The van der Waals surface area contributed by atoms with E-state index in [1.54, 1.807) is 6.92 Å². The molecule has 0 spiro atoms. The van der Waals surface area contributed by atoms with E-state index in [1.165, 1.54) is 30.2 Å². The van der Waals surface area contributed by atoms with Crippen molar-refractivity contribution in [3.63, 3.8) is 0 Å². The number of ether oxygens (including phenoxy) is 2. The molecule has 0 atom stereocenters. The van der Waals surface area contributed by atoms with E-state index >= 15 is 0 Å². The first-order valence-corrected chi connectivity index (χ1v) is 8.26. The van der Waals surface area contributed by atoms with Gasteiger partial charge in [0.25, 0.3) is 11.6 Å². The zero-order chi connectivity index (χ0) is 19.8. The summed E-state index contributed by atoms with van der Waals surface area (Å²) in [4.78, 5) is 36.9. The average molecular weight is 372 g/mol. The molecule has 0 heterocycles. The first-order valence-electron chi connectivity index (χ1n) is 8.26. The maximum atomic E-state index is 12.6. The predicted molar refractivity (Wildman–Crippen MR) is 98.6 cm³/mol. The van der Waals surface area contributed by atoms with Crippen molar-refractivity contribution in [2.45, 2.75) is 13.5 Å². The molecule has 0 fully saturated rings. The Bertz CT molecular complexity index is 822. The van der Waals surface area contributed by atoms with E-state index in [4.69, 9.17) is 9.47 Å². The fraction of sp³-hybridized carbons (Fsp3) is 0.263. The zero-order valence-electron chi connectivity index (χ0n) is 15.1. The highest BCUT2D eigenvalue weighted by Gasteiger charge is 2.25. The van der Waals surface area contributed by atoms with Gasteiger partial charge in [-0.15, -0.1) is 0 Å². The molecule has 8 nitrogen and oxygen atoms in total. The standard InChI is InChI=1S/C19H20N2O6/c1-3-27-19(23)16-10-9-15(21(24)25)11-17(16)20(18(22)13-26-2)12-14-7-5-4-6-8-14/h4-11H,3,12-13H2,1-2H3. The number of rotatable bonds is 8. The highest BCUT2D eigenvalue weighted by molar-refractivity contribution is 6.03. The van der Waals surface area contributed by atoms with Crippen molar-refractivity contribution in [3.05, 3.63) is 69.8 Å². The number of esters is 1. The van der Waals surface area contributed by atoms with Crippen molar-refractivity contribution in [3.8, 4) is 0 Å². The van der Waals surface area contributed by atoms with Gasteiger partial charge in [0.15, 0.2) is 0 Å². The number of benzene rings is 2. The van der Waals surface area contributed by atoms with Crippen LogP contribution in [0.15, 0.2) is 48.5 Å². The second-order valence-corrected chi connectivity index (χ2v) is 5.58. The molecule has 2 aromatic rings. The molecule has 142 valence electrons. The number of nitro benzene ring substituents is 1. The normalized spacial score (nSPS) is 10.3. The topological polar surface area (TPSA) is 99.0 Å². The van der Waals surface area contributed by atoms with E-state index in [0.29, 0.717) is 0 Å². The summed E-state index contributed by atoms with van der Waals surface area (Å²) in [6, 6.07) is 12.8. The number of hydrogen-bond donors (Lipinski definition) is 0. The maximum absolute atomic E-state index is 12.6. The molecular formula is C19H20N2O6. The number of anilines is 1. The van der Waals surface area contributed by atoms with E-state index < -0.39 is 16.8 Å². The minimum atomic E-state index is -0.661. The first kappa shape index (κ1) is 20.1. The molecule has 0 aromatic heterocycles. The zero-order valence-corrected chi connectivity index (χ0v) is 15.1. The Hall–Kier alpha value is -3.26. The van der Waals surface area contributed by atoms with Gasteiger partial charge < -0.3 is 14.4 Å². The van der Waals surface area contributed by atoms with Gasteiger partial charge >= 0.3 is 5.97 Å². The van der Waals surface area contributed by atoms with Crippen LogP contribution in [0, 0.1) is 10.1 Å². The van der Waals surface area contributed by atoms with Crippen LogP contribution in [0.4, 0.5) is 11.4 Å². The van der Waals surface area contributed by atoms with Crippen LogP contribution in [0.3, 0.4) is 0 Å². The second-order valence-electron chi connectivity index (χ2n) is 5.58. The molecule has 0 unspecified atom stereocenters. The van der Waals surface area contributed by atoms with Gasteiger partial charge in [-0.3, -0.25) is 14.9 Å². The van der Waals surface area contributed by atoms with Gasteiger partial charge in [-0.1, -0.05) is 30.3 Å². The van der Waals surface area contributed by atoms with Crippen molar-refractivity contribution in [1.82, 2.24) is 0 Å². The lowest BCUT2D eigenvalue weighted by atomic mass is 10.1. The van der Waals surface area contributed by atoms with Crippen LogP contribution in [0.5, 0.6) is 0 Å². The van der Waals surface area contributed by atoms with Crippen LogP contribution in [0.25, 0.3) is 0 Å². The average Bonchev–Trinajstić information content (AvgIpc) is 2.66. The molecule has 8 heteroatoms. The molecule has 0 saturated heterocycles. The minimum absolute atomic E-state index is 0.0721. The third-order valence-corrected chi connectivity index (χ3v) is 3.73. The van der Waals surface area contributed by atoms with E-state index in [-0.39, 0.29) is 36.7 Å². The molecule has 0 aliphatic carbocycles. The summed E-state index contributed by atoms with van der Waals surface area (Å²) in [7, 11) is 1.37. The Kier molecular flexibility index (Phi) is 7.01. The molecule has 2 aromatic carbocycles. The molecule has 0 bridgehead atoms. The number of nitro groups is 1. The molecule has 0 N–H and O–H groups in total. The summed E-state index contributed by atoms with van der Waals surface area (Å²) in [6.07, 6.45) is 0. The smallest absolute Gasteiger partial charge is 0.340 e. The van der Waals surface area contributed by atoms with E-state index in [9.17, 15) is 19.7 Å². The SMILES string of the molecule is CCOC(=O)c1ccc([N+](=O)[O-])cc1N(Cc1ccccc1)C(=O)COC. The van der Waals surface area contributed by atoms with Gasteiger partial charge in [0.1, 0.15) is 6.61 Å². The lowest BCUT2D eigenvalue weighted by molar-refractivity contribution is -0.384. The van der Waals surface area contributed by atoms with Gasteiger partial charge in [0, 0.05) is 19.2 Å². The van der Waals surface area contributed by atoms with E-state index in [0.717, 1.165) is 5.56 Å². The predicted octanol–water partition coefficient (Wildman–Crippen LogP) is 2.95. The first-order chi connectivity index (χ1) is 13.0. The maximum Gasteiger partial charge on any atom is 0.340 e. The van der Waals surface area contributed by atoms with Crippen LogP contribution in [0.1, 0.15) is 22.8 Å². The Morgan fingerprint density at radius 1 is 1.15 bits per heavy atom. The van der Waals surface area contributed by atoms with Crippen LogP contribution in [0.2, 0.25) is 0 Å². The van der Waals surface area contributed by atoms with Gasteiger partial charge in [0.2, 0.25) is 0 Å². The Balaban J connectivity index is 2.56. The number of hydrogen-bond acceptors (Lipinski definition) is 6. The fourth-order valence-electron chi connectivity index (χ4n) is 2.51. The number of amides is 1. The summed E-state index contributed by atoms with van der Waals surface area (Å²) in [6.45, 7) is 1.68. The van der Waals surface area contributed by atoms with Crippen molar-refractivity contribution in [2.75, 3.05) is 25.2 Å². The highest BCUT2D eigenvalue weighted by atomic mass is 16.6. The molecular weight excluding hydrogens is 352 g/mol. The monoisotopic (exact) mass is 372 g/mol. The minimum Gasteiger partial charge on any atom is -0.462 e.